The summed E-state index contributed by atoms with van der Waals surface area (Å²) in [4.78, 5) is 25.8. The Morgan fingerprint density at radius 1 is 1.00 bits per heavy atom. The molecule has 1 spiro atoms. The predicted molar refractivity (Wildman–Crippen MR) is 106 cm³/mol. The summed E-state index contributed by atoms with van der Waals surface area (Å²) in [6.07, 6.45) is 8.05. The van der Waals surface area contributed by atoms with Crippen LogP contribution in [0.15, 0.2) is 62.5 Å². The van der Waals surface area contributed by atoms with Crippen molar-refractivity contribution in [2.75, 3.05) is 0 Å². The molecule has 1 aromatic carbocycles. The first kappa shape index (κ1) is 16.5. The highest BCUT2D eigenvalue weighted by atomic mass is 79.9. The van der Waals surface area contributed by atoms with Gasteiger partial charge in [-0.05, 0) is 54.4 Å². The van der Waals surface area contributed by atoms with E-state index in [2.05, 4.69) is 33.2 Å². The maximum atomic E-state index is 12.9. The third-order valence-electron chi connectivity index (χ3n) is 6.89. The summed E-state index contributed by atoms with van der Waals surface area (Å²) < 4.78 is 6.80. The minimum absolute atomic E-state index is 0.158. The average molecular weight is 437 g/mol. The molecule has 6 rings (SSSR count). The number of rotatable bonds is 3. The van der Waals surface area contributed by atoms with Gasteiger partial charge in [-0.3, -0.25) is 9.59 Å². The van der Waals surface area contributed by atoms with Crippen molar-refractivity contribution < 1.29 is 14.0 Å². The Bertz CT molecular complexity index is 1030. The summed E-state index contributed by atoms with van der Waals surface area (Å²) in [5.74, 6) is 0.883. The highest BCUT2D eigenvalue weighted by Crippen LogP contribution is 2.73. The quantitative estimate of drug-likeness (QED) is 0.410. The fourth-order valence-corrected chi connectivity index (χ4v) is 5.75. The topological polar surface area (TPSA) is 62.9 Å². The van der Waals surface area contributed by atoms with Crippen molar-refractivity contribution >= 4 is 34.0 Å². The maximum Gasteiger partial charge on any atom is 0.254 e. The maximum absolute atomic E-state index is 12.9. The Hall–Kier alpha value is -2.47. The molecule has 6 heteroatoms. The number of fused-ring (bicyclic) bond motifs is 3. The largest absolute Gasteiger partial charge is 0.455 e. The Labute approximate surface area is 170 Å². The number of halogens is 1. The third-order valence-corrected chi connectivity index (χ3v) is 7.41. The molecular formula is C22H17BrN2O3. The fourth-order valence-electron chi connectivity index (χ4n) is 5.48. The molecule has 2 heterocycles. The first-order chi connectivity index (χ1) is 13.6. The number of hydrazone groups is 1. The molecule has 0 unspecified atom stereocenters. The number of hydrogen-bond donors (Lipinski definition) is 0. The second kappa shape index (κ2) is 5.54. The summed E-state index contributed by atoms with van der Waals surface area (Å²) in [5, 5.41) is 5.27. The Morgan fingerprint density at radius 2 is 1.64 bits per heavy atom. The van der Waals surface area contributed by atoms with Crippen molar-refractivity contribution in [3.8, 4) is 11.3 Å². The molecule has 2 amide bonds. The van der Waals surface area contributed by atoms with Crippen LogP contribution in [0, 0.1) is 29.1 Å². The smallest absolute Gasteiger partial charge is 0.254 e. The second-order valence-electron chi connectivity index (χ2n) is 8.16. The number of amides is 2. The minimum Gasteiger partial charge on any atom is -0.455 e. The standard InChI is InChI=1S/C22H17BrN2O3/c23-13-3-1-12(2-4-13)17-8-5-14(28-17)11-24-25-20(26)18-15-6-7-16(19(18)21(25)27)22(15)9-10-22/h1-8,11,15-16,18-19H,9-10H2/b24-11-/t15-,16+,18-,19+. The Kier molecular flexibility index (Phi) is 3.26. The van der Waals surface area contributed by atoms with Gasteiger partial charge in [0, 0.05) is 10.0 Å². The van der Waals surface area contributed by atoms with Crippen LogP contribution in [0.5, 0.6) is 0 Å². The van der Waals surface area contributed by atoms with Crippen molar-refractivity contribution in [1.82, 2.24) is 5.01 Å². The molecular weight excluding hydrogens is 420 g/mol. The van der Waals surface area contributed by atoms with Crippen LogP contribution < -0.4 is 0 Å². The molecule has 28 heavy (non-hydrogen) atoms. The van der Waals surface area contributed by atoms with Crippen LogP contribution in [0.2, 0.25) is 0 Å². The lowest BCUT2D eigenvalue weighted by atomic mass is 9.85. The van der Waals surface area contributed by atoms with Crippen LogP contribution in [0.3, 0.4) is 0 Å². The van der Waals surface area contributed by atoms with E-state index in [1.54, 1.807) is 6.07 Å². The van der Waals surface area contributed by atoms with Gasteiger partial charge in [-0.15, -0.1) is 0 Å². The van der Waals surface area contributed by atoms with Gasteiger partial charge in [-0.1, -0.05) is 40.2 Å². The number of carbonyl (C=O) groups excluding carboxylic acids is 2. The second-order valence-corrected chi connectivity index (χ2v) is 9.08. The summed E-state index contributed by atoms with van der Waals surface area (Å²) in [6.45, 7) is 0. The zero-order valence-electron chi connectivity index (χ0n) is 14.9. The van der Waals surface area contributed by atoms with E-state index in [0.717, 1.165) is 27.9 Å². The first-order valence-electron chi connectivity index (χ1n) is 9.54. The predicted octanol–water partition coefficient (Wildman–Crippen LogP) is 4.24. The van der Waals surface area contributed by atoms with Gasteiger partial charge in [0.05, 0.1) is 18.1 Å². The molecule has 3 fully saturated rings. The van der Waals surface area contributed by atoms with Gasteiger partial charge in [-0.2, -0.15) is 10.1 Å². The van der Waals surface area contributed by atoms with Gasteiger partial charge in [-0.25, -0.2) is 0 Å². The van der Waals surface area contributed by atoms with E-state index >= 15 is 0 Å². The number of carbonyl (C=O) groups is 2. The highest BCUT2D eigenvalue weighted by molar-refractivity contribution is 9.10. The van der Waals surface area contributed by atoms with E-state index in [0.29, 0.717) is 11.5 Å². The summed E-state index contributed by atoms with van der Waals surface area (Å²) in [5.41, 5.74) is 1.15. The molecule has 2 bridgehead atoms. The van der Waals surface area contributed by atoms with Gasteiger partial charge in [0.2, 0.25) is 0 Å². The van der Waals surface area contributed by atoms with Crippen molar-refractivity contribution in [2.45, 2.75) is 12.8 Å². The first-order valence-corrected chi connectivity index (χ1v) is 10.3. The highest BCUT2D eigenvalue weighted by Gasteiger charge is 2.73. The van der Waals surface area contributed by atoms with Crippen LogP contribution in [0.4, 0.5) is 0 Å². The van der Waals surface area contributed by atoms with Crippen molar-refractivity contribution in [1.29, 1.82) is 0 Å². The molecule has 0 radical (unpaired) electrons. The number of imide groups is 1. The Balaban J connectivity index is 1.24. The minimum atomic E-state index is -0.225. The summed E-state index contributed by atoms with van der Waals surface area (Å²) in [7, 11) is 0. The molecule has 5 nitrogen and oxygen atoms in total. The summed E-state index contributed by atoms with van der Waals surface area (Å²) in [6, 6.07) is 11.4. The lowest BCUT2D eigenvalue weighted by Crippen LogP contribution is -2.30. The number of allylic oxidation sites excluding steroid dienone is 2. The number of nitrogens with zero attached hydrogens (tertiary/aromatic N) is 2. The van der Waals surface area contributed by atoms with E-state index in [9.17, 15) is 9.59 Å². The van der Waals surface area contributed by atoms with Crippen LogP contribution in [0.1, 0.15) is 18.6 Å². The van der Waals surface area contributed by atoms with Gasteiger partial charge >= 0.3 is 0 Å². The van der Waals surface area contributed by atoms with Crippen LogP contribution in [-0.2, 0) is 9.59 Å². The number of benzene rings is 1. The molecule has 2 saturated carbocycles. The SMILES string of the molecule is O=C1[C@@H]2[C@H](C(=O)N1/N=C\c1ccc(-c3ccc(Br)cc3)o1)[C@H]1C=C[C@@H]2C12CC2. The van der Waals surface area contributed by atoms with Gasteiger partial charge in [0.1, 0.15) is 11.5 Å². The van der Waals surface area contributed by atoms with Crippen LogP contribution in [0.25, 0.3) is 11.3 Å². The number of furan rings is 1. The molecule has 4 atom stereocenters. The van der Waals surface area contributed by atoms with E-state index in [1.165, 1.54) is 6.21 Å². The average Bonchev–Trinajstić information content (AvgIpc) is 2.97. The van der Waals surface area contributed by atoms with Crippen molar-refractivity contribution in [3.63, 3.8) is 0 Å². The van der Waals surface area contributed by atoms with Gasteiger partial charge in [0.15, 0.2) is 0 Å². The number of hydrogen-bond acceptors (Lipinski definition) is 4. The van der Waals surface area contributed by atoms with Gasteiger partial charge < -0.3 is 4.42 Å². The van der Waals surface area contributed by atoms with Crippen LogP contribution >= 0.6 is 15.9 Å². The molecule has 0 N–H and O–H groups in total. The van der Waals surface area contributed by atoms with E-state index < -0.39 is 0 Å². The molecule has 1 aliphatic heterocycles. The molecule has 4 aliphatic rings. The molecule has 1 saturated heterocycles. The summed E-state index contributed by atoms with van der Waals surface area (Å²) >= 11 is 3.42. The lowest BCUT2D eigenvalue weighted by molar-refractivity contribution is -0.141. The van der Waals surface area contributed by atoms with Crippen LogP contribution in [-0.4, -0.2) is 23.0 Å². The van der Waals surface area contributed by atoms with E-state index in [-0.39, 0.29) is 40.9 Å². The third kappa shape index (κ3) is 2.09. The van der Waals surface area contributed by atoms with Gasteiger partial charge in [0.25, 0.3) is 11.8 Å². The molecule has 3 aliphatic carbocycles. The molecule has 140 valence electrons. The monoisotopic (exact) mass is 436 g/mol. The van der Waals surface area contributed by atoms with E-state index in [1.807, 2.05) is 30.3 Å². The zero-order chi connectivity index (χ0) is 19.0. The Morgan fingerprint density at radius 3 is 2.25 bits per heavy atom. The molecule has 1 aromatic heterocycles. The molecule has 2 aromatic rings. The van der Waals surface area contributed by atoms with Crippen molar-refractivity contribution in [2.24, 2.45) is 34.2 Å². The lowest BCUT2D eigenvalue weighted by Gasteiger charge is -2.18. The zero-order valence-corrected chi connectivity index (χ0v) is 16.5. The normalized spacial score (nSPS) is 31.5. The van der Waals surface area contributed by atoms with E-state index in [4.69, 9.17) is 4.42 Å². The fraction of sp³-hybridized carbons (Fsp3) is 0.318. The van der Waals surface area contributed by atoms with Crippen molar-refractivity contribution in [3.05, 3.63) is 58.8 Å².